The fraction of sp³-hybridized carbons (Fsp3) is 0.111. The van der Waals surface area contributed by atoms with Crippen molar-refractivity contribution in [3.63, 3.8) is 0 Å². The molecule has 6 heteroatoms. The number of pyridine rings is 1. The number of ether oxygens (including phenoxy) is 2. The lowest BCUT2D eigenvalue weighted by atomic mass is 10.1. The molecule has 120 valence electrons. The number of nitrogens with one attached hydrogen (secondary N) is 1. The number of fused-ring (bicyclic) bond motifs is 2. The third-order valence-corrected chi connectivity index (χ3v) is 4.03. The molecule has 6 nitrogen and oxygen atoms in total. The van der Waals surface area contributed by atoms with Crippen molar-refractivity contribution >= 4 is 22.5 Å². The van der Waals surface area contributed by atoms with Gasteiger partial charge in [-0.05, 0) is 18.2 Å². The van der Waals surface area contributed by atoms with Crippen molar-refractivity contribution in [2.24, 2.45) is 7.05 Å². The highest BCUT2D eigenvalue weighted by Gasteiger charge is 2.16. The molecule has 24 heavy (non-hydrogen) atoms. The van der Waals surface area contributed by atoms with Crippen LogP contribution in [0.25, 0.3) is 10.9 Å². The molecule has 0 fully saturated rings. The molecule has 0 atom stereocenters. The maximum atomic E-state index is 12.7. The number of carbonyl (C=O) groups excluding carboxylic acids is 1. The molecule has 1 aliphatic heterocycles. The van der Waals surface area contributed by atoms with E-state index in [4.69, 9.17) is 9.47 Å². The van der Waals surface area contributed by atoms with Crippen LogP contribution < -0.4 is 20.3 Å². The summed E-state index contributed by atoms with van der Waals surface area (Å²) < 4.78 is 12.1. The standard InChI is InChI=1S/C18H14N2O4/c1-20-14-5-3-2-4-12(14)13(9-17(20)21)18(22)19-11-6-7-15-16(8-11)24-10-23-15/h2-9H,10H2,1H3,(H,19,22). The van der Waals surface area contributed by atoms with Crippen LogP contribution in [0, 0.1) is 0 Å². The molecule has 0 radical (unpaired) electrons. The lowest BCUT2D eigenvalue weighted by Gasteiger charge is -2.11. The molecule has 2 aromatic carbocycles. The molecule has 0 aliphatic carbocycles. The van der Waals surface area contributed by atoms with Gasteiger partial charge in [-0.25, -0.2) is 0 Å². The van der Waals surface area contributed by atoms with E-state index >= 15 is 0 Å². The zero-order chi connectivity index (χ0) is 16.7. The normalized spacial score (nSPS) is 12.4. The van der Waals surface area contributed by atoms with Gasteiger partial charge in [-0.2, -0.15) is 0 Å². The molecule has 0 bridgehead atoms. The zero-order valence-corrected chi connectivity index (χ0v) is 12.9. The first-order chi connectivity index (χ1) is 11.6. The van der Waals surface area contributed by atoms with Crippen LogP contribution in [0.1, 0.15) is 10.4 Å². The number of hydrogen-bond acceptors (Lipinski definition) is 4. The Bertz CT molecular complexity index is 1020. The Balaban J connectivity index is 1.74. The van der Waals surface area contributed by atoms with E-state index in [1.165, 1.54) is 10.6 Å². The van der Waals surface area contributed by atoms with Crippen LogP contribution in [0.15, 0.2) is 53.3 Å². The highest BCUT2D eigenvalue weighted by atomic mass is 16.7. The molecular formula is C18H14N2O4. The summed E-state index contributed by atoms with van der Waals surface area (Å²) in [5.74, 6) is 0.886. The third kappa shape index (κ3) is 2.28. The predicted octanol–water partition coefficient (Wildman–Crippen LogP) is 2.52. The van der Waals surface area contributed by atoms with Crippen LogP contribution >= 0.6 is 0 Å². The fourth-order valence-corrected chi connectivity index (χ4v) is 2.77. The summed E-state index contributed by atoms with van der Waals surface area (Å²) >= 11 is 0. The highest BCUT2D eigenvalue weighted by molar-refractivity contribution is 6.12. The first kappa shape index (κ1) is 14.3. The Hall–Kier alpha value is -3.28. The lowest BCUT2D eigenvalue weighted by molar-refractivity contribution is 0.102. The summed E-state index contributed by atoms with van der Waals surface area (Å²) in [5, 5.41) is 3.52. The molecule has 1 aromatic heterocycles. The summed E-state index contributed by atoms with van der Waals surface area (Å²) in [4.78, 5) is 24.8. The number of carbonyl (C=O) groups is 1. The molecule has 1 aliphatic rings. The monoisotopic (exact) mass is 322 g/mol. The van der Waals surface area contributed by atoms with Crippen LogP contribution in [-0.2, 0) is 7.05 Å². The van der Waals surface area contributed by atoms with Gasteiger partial charge < -0.3 is 19.4 Å². The first-order valence-electron chi connectivity index (χ1n) is 7.43. The van der Waals surface area contributed by atoms with Crippen LogP contribution in [0.2, 0.25) is 0 Å². The molecule has 0 spiro atoms. The van der Waals surface area contributed by atoms with Crippen molar-refractivity contribution < 1.29 is 14.3 Å². The van der Waals surface area contributed by atoms with Crippen molar-refractivity contribution in [1.82, 2.24) is 4.57 Å². The van der Waals surface area contributed by atoms with E-state index < -0.39 is 0 Å². The summed E-state index contributed by atoms with van der Waals surface area (Å²) in [6.45, 7) is 0.173. The second-order valence-electron chi connectivity index (χ2n) is 5.49. The van der Waals surface area contributed by atoms with E-state index in [9.17, 15) is 9.59 Å². The third-order valence-electron chi connectivity index (χ3n) is 4.03. The van der Waals surface area contributed by atoms with Crippen LogP contribution in [0.5, 0.6) is 11.5 Å². The van der Waals surface area contributed by atoms with Gasteiger partial charge >= 0.3 is 0 Å². The summed E-state index contributed by atoms with van der Waals surface area (Å²) in [6.07, 6.45) is 0. The van der Waals surface area contributed by atoms with Gasteiger partial charge in [-0.15, -0.1) is 0 Å². The topological polar surface area (TPSA) is 69.6 Å². The van der Waals surface area contributed by atoms with Gasteiger partial charge in [-0.3, -0.25) is 9.59 Å². The zero-order valence-electron chi connectivity index (χ0n) is 12.9. The second kappa shape index (κ2) is 5.42. The average molecular weight is 322 g/mol. The minimum absolute atomic E-state index is 0.173. The van der Waals surface area contributed by atoms with Gasteiger partial charge in [0.15, 0.2) is 11.5 Å². The molecule has 4 rings (SSSR count). The van der Waals surface area contributed by atoms with E-state index in [-0.39, 0.29) is 18.3 Å². The first-order valence-corrected chi connectivity index (χ1v) is 7.43. The number of para-hydroxylation sites is 1. The molecule has 1 N–H and O–H groups in total. The van der Waals surface area contributed by atoms with Crippen LogP contribution in [0.4, 0.5) is 5.69 Å². The van der Waals surface area contributed by atoms with Crippen LogP contribution in [-0.4, -0.2) is 17.3 Å². The quantitative estimate of drug-likeness (QED) is 0.787. The Kier molecular flexibility index (Phi) is 3.23. The number of rotatable bonds is 2. The van der Waals surface area contributed by atoms with Gasteiger partial charge in [0.1, 0.15) is 0 Å². The second-order valence-corrected chi connectivity index (χ2v) is 5.49. The van der Waals surface area contributed by atoms with E-state index in [0.29, 0.717) is 28.3 Å². The maximum absolute atomic E-state index is 12.7. The summed E-state index contributed by atoms with van der Waals surface area (Å²) in [6, 6.07) is 13.8. The molecule has 0 saturated heterocycles. The Morgan fingerprint density at radius 1 is 1.08 bits per heavy atom. The Morgan fingerprint density at radius 2 is 1.88 bits per heavy atom. The number of anilines is 1. The molecule has 0 saturated carbocycles. The van der Waals surface area contributed by atoms with Crippen molar-refractivity contribution in [1.29, 1.82) is 0 Å². The fourth-order valence-electron chi connectivity index (χ4n) is 2.77. The highest BCUT2D eigenvalue weighted by Crippen LogP contribution is 2.34. The number of hydrogen-bond donors (Lipinski definition) is 1. The van der Waals surface area contributed by atoms with Crippen LogP contribution in [0.3, 0.4) is 0 Å². The van der Waals surface area contributed by atoms with Crippen molar-refractivity contribution in [2.45, 2.75) is 0 Å². The number of amides is 1. The maximum Gasteiger partial charge on any atom is 0.256 e. The van der Waals surface area contributed by atoms with E-state index in [1.807, 2.05) is 24.3 Å². The smallest absolute Gasteiger partial charge is 0.256 e. The minimum Gasteiger partial charge on any atom is -0.454 e. The summed E-state index contributed by atoms with van der Waals surface area (Å²) in [7, 11) is 1.68. The number of aryl methyl sites for hydroxylation is 1. The molecule has 3 aromatic rings. The van der Waals surface area contributed by atoms with Gasteiger partial charge in [0.05, 0.1) is 11.1 Å². The van der Waals surface area contributed by atoms with E-state index in [2.05, 4.69) is 5.32 Å². The number of aromatic nitrogens is 1. The minimum atomic E-state index is -0.345. The number of benzene rings is 2. The van der Waals surface area contributed by atoms with Crippen molar-refractivity contribution in [3.8, 4) is 11.5 Å². The molecule has 2 heterocycles. The summed E-state index contributed by atoms with van der Waals surface area (Å²) in [5.41, 5.74) is 1.39. The van der Waals surface area contributed by atoms with Gasteiger partial charge in [0.25, 0.3) is 11.5 Å². The van der Waals surface area contributed by atoms with Gasteiger partial charge in [0.2, 0.25) is 6.79 Å². The molecular weight excluding hydrogens is 308 g/mol. The lowest BCUT2D eigenvalue weighted by Crippen LogP contribution is -2.21. The number of nitrogens with zero attached hydrogens (tertiary/aromatic N) is 1. The Morgan fingerprint density at radius 3 is 2.75 bits per heavy atom. The largest absolute Gasteiger partial charge is 0.454 e. The predicted molar refractivity (Wildman–Crippen MR) is 89.7 cm³/mol. The Labute approximate surface area is 137 Å². The molecule has 0 unspecified atom stereocenters. The van der Waals surface area contributed by atoms with E-state index in [0.717, 1.165) is 5.39 Å². The SMILES string of the molecule is Cn1c(=O)cc(C(=O)Nc2ccc3c(c2)OCO3)c2ccccc21. The molecule has 1 amide bonds. The van der Waals surface area contributed by atoms with Gasteiger partial charge in [-0.1, -0.05) is 18.2 Å². The average Bonchev–Trinajstić information content (AvgIpc) is 3.06. The van der Waals surface area contributed by atoms with Crippen molar-refractivity contribution in [2.75, 3.05) is 12.1 Å². The van der Waals surface area contributed by atoms with E-state index in [1.54, 1.807) is 25.2 Å². The van der Waals surface area contributed by atoms with Gasteiger partial charge in [0, 0.05) is 30.3 Å². The van der Waals surface area contributed by atoms with Crippen molar-refractivity contribution in [3.05, 3.63) is 64.4 Å².